The first-order chi connectivity index (χ1) is 14.7. The van der Waals surface area contributed by atoms with E-state index >= 15 is 0 Å². The number of rotatable bonds is 7. The highest BCUT2D eigenvalue weighted by Crippen LogP contribution is 2.41. The van der Waals surface area contributed by atoms with E-state index in [1.807, 2.05) is 5.38 Å². The predicted octanol–water partition coefficient (Wildman–Crippen LogP) is 4.38. The summed E-state index contributed by atoms with van der Waals surface area (Å²) >= 11 is 2.90. The van der Waals surface area contributed by atoms with Gasteiger partial charge in [0.2, 0.25) is 11.9 Å². The Labute approximate surface area is 183 Å². The standard InChI is InChI=1S/C21H24N6OS2/c1-14-4-6-15(7-5-14)17-12-29-19(22-17)23-18(28)13-30-21-25-24-20(26-10-2-3-11-26)27(21)16-8-9-16/h4-7,12,16H,2-3,8-11,13H2,1H3,(H,22,23,28). The number of aryl methyl sites for hydroxylation is 1. The fourth-order valence-electron chi connectivity index (χ4n) is 3.63. The molecular formula is C21H24N6OS2. The summed E-state index contributed by atoms with van der Waals surface area (Å²) in [5, 5.41) is 15.2. The first-order valence-electron chi connectivity index (χ1n) is 10.3. The molecule has 1 saturated heterocycles. The van der Waals surface area contributed by atoms with Gasteiger partial charge in [-0.25, -0.2) is 4.98 Å². The predicted molar refractivity (Wildman–Crippen MR) is 121 cm³/mol. The lowest BCUT2D eigenvalue weighted by Gasteiger charge is -2.17. The summed E-state index contributed by atoms with van der Waals surface area (Å²) in [4.78, 5) is 19.4. The summed E-state index contributed by atoms with van der Waals surface area (Å²) in [6, 6.07) is 8.71. The second-order valence-electron chi connectivity index (χ2n) is 7.82. The van der Waals surface area contributed by atoms with Crippen LogP contribution >= 0.6 is 23.1 Å². The number of aromatic nitrogens is 4. The summed E-state index contributed by atoms with van der Waals surface area (Å²) < 4.78 is 2.24. The number of benzene rings is 1. The van der Waals surface area contributed by atoms with Crippen molar-refractivity contribution in [2.45, 2.75) is 43.8 Å². The molecule has 156 valence electrons. The molecule has 1 saturated carbocycles. The number of carbonyl (C=O) groups excluding carboxylic acids is 1. The smallest absolute Gasteiger partial charge is 0.236 e. The fraction of sp³-hybridized carbons (Fsp3) is 0.429. The van der Waals surface area contributed by atoms with Crippen LogP contribution in [0.15, 0.2) is 34.8 Å². The van der Waals surface area contributed by atoms with Gasteiger partial charge in [-0.2, -0.15) is 0 Å². The van der Waals surface area contributed by atoms with Crippen molar-refractivity contribution in [3.8, 4) is 11.3 Å². The lowest BCUT2D eigenvalue weighted by molar-refractivity contribution is -0.113. The molecule has 9 heteroatoms. The molecule has 0 unspecified atom stereocenters. The van der Waals surface area contributed by atoms with Gasteiger partial charge in [-0.05, 0) is 32.6 Å². The number of anilines is 2. The molecule has 1 N–H and O–H groups in total. The molecule has 0 spiro atoms. The van der Waals surface area contributed by atoms with Crippen LogP contribution in [0, 0.1) is 6.92 Å². The van der Waals surface area contributed by atoms with Gasteiger partial charge in [-0.15, -0.1) is 21.5 Å². The first kappa shape index (κ1) is 19.6. The van der Waals surface area contributed by atoms with Gasteiger partial charge in [0.25, 0.3) is 0 Å². The minimum atomic E-state index is -0.0714. The SMILES string of the molecule is Cc1ccc(-c2csc(NC(=O)CSc3nnc(N4CCCC4)n3C3CC3)n2)cc1. The molecule has 7 nitrogen and oxygen atoms in total. The van der Waals surface area contributed by atoms with Crippen LogP contribution in [-0.2, 0) is 4.79 Å². The molecule has 2 aromatic heterocycles. The molecule has 1 aliphatic carbocycles. The monoisotopic (exact) mass is 440 g/mol. The zero-order chi connectivity index (χ0) is 20.5. The lowest BCUT2D eigenvalue weighted by atomic mass is 10.1. The Hall–Kier alpha value is -2.39. The maximum Gasteiger partial charge on any atom is 0.236 e. The van der Waals surface area contributed by atoms with Crippen molar-refractivity contribution in [2.75, 3.05) is 29.1 Å². The summed E-state index contributed by atoms with van der Waals surface area (Å²) in [6.07, 6.45) is 4.75. The van der Waals surface area contributed by atoms with Crippen LogP contribution in [0.1, 0.15) is 37.3 Å². The van der Waals surface area contributed by atoms with Crippen LogP contribution in [0.2, 0.25) is 0 Å². The number of carbonyl (C=O) groups is 1. The molecule has 0 bridgehead atoms. The maximum atomic E-state index is 12.5. The number of nitrogens with one attached hydrogen (secondary N) is 1. The van der Waals surface area contributed by atoms with Crippen molar-refractivity contribution < 1.29 is 4.79 Å². The summed E-state index contributed by atoms with van der Waals surface area (Å²) in [7, 11) is 0. The van der Waals surface area contributed by atoms with Crippen LogP contribution in [0.3, 0.4) is 0 Å². The average molecular weight is 441 g/mol. The van der Waals surface area contributed by atoms with Gasteiger partial charge in [0, 0.05) is 30.1 Å². The van der Waals surface area contributed by atoms with E-state index in [0.29, 0.717) is 16.9 Å². The Kier molecular flexibility index (Phi) is 5.47. The Morgan fingerprint density at radius 2 is 1.97 bits per heavy atom. The average Bonchev–Trinajstić information content (AvgIpc) is 3.14. The molecule has 1 amide bonds. The highest BCUT2D eigenvalue weighted by molar-refractivity contribution is 7.99. The van der Waals surface area contributed by atoms with E-state index in [9.17, 15) is 4.79 Å². The topological polar surface area (TPSA) is 75.9 Å². The Balaban J connectivity index is 1.21. The number of hydrogen-bond acceptors (Lipinski definition) is 7. The maximum absolute atomic E-state index is 12.5. The first-order valence-corrected chi connectivity index (χ1v) is 12.2. The number of nitrogens with zero attached hydrogens (tertiary/aromatic N) is 5. The van der Waals surface area contributed by atoms with E-state index in [-0.39, 0.29) is 5.91 Å². The minimum Gasteiger partial charge on any atom is -0.341 e. The normalized spacial score (nSPS) is 16.2. The molecule has 0 atom stereocenters. The largest absolute Gasteiger partial charge is 0.341 e. The van der Waals surface area contributed by atoms with Crippen molar-refractivity contribution in [1.82, 2.24) is 19.7 Å². The second-order valence-corrected chi connectivity index (χ2v) is 9.62. The van der Waals surface area contributed by atoms with E-state index in [1.54, 1.807) is 0 Å². The van der Waals surface area contributed by atoms with Gasteiger partial charge in [0.1, 0.15) is 0 Å². The van der Waals surface area contributed by atoms with Crippen LogP contribution in [0.4, 0.5) is 11.1 Å². The molecule has 0 radical (unpaired) electrons. The van der Waals surface area contributed by atoms with E-state index in [4.69, 9.17) is 0 Å². The summed E-state index contributed by atoms with van der Waals surface area (Å²) in [5.74, 6) is 1.20. The van der Waals surface area contributed by atoms with E-state index in [0.717, 1.165) is 35.5 Å². The van der Waals surface area contributed by atoms with Gasteiger partial charge in [0.15, 0.2) is 10.3 Å². The molecule has 2 fully saturated rings. The number of amides is 1. The van der Waals surface area contributed by atoms with Gasteiger partial charge in [0.05, 0.1) is 11.4 Å². The number of thioether (sulfide) groups is 1. The number of hydrogen-bond donors (Lipinski definition) is 1. The van der Waals surface area contributed by atoms with E-state index in [1.165, 1.54) is 54.3 Å². The van der Waals surface area contributed by atoms with Gasteiger partial charge in [-0.1, -0.05) is 41.6 Å². The third-order valence-corrected chi connectivity index (χ3v) is 7.08. The third-order valence-electron chi connectivity index (χ3n) is 5.38. The molecule has 1 aliphatic heterocycles. The Morgan fingerprint density at radius 3 is 2.70 bits per heavy atom. The Bertz CT molecular complexity index is 1030. The quantitative estimate of drug-likeness (QED) is 0.550. The lowest BCUT2D eigenvalue weighted by Crippen LogP contribution is -2.22. The van der Waals surface area contributed by atoms with Crippen molar-refractivity contribution in [1.29, 1.82) is 0 Å². The minimum absolute atomic E-state index is 0.0714. The number of thiazole rings is 1. The molecule has 5 rings (SSSR count). The van der Waals surface area contributed by atoms with Gasteiger partial charge in [-0.3, -0.25) is 9.36 Å². The molecular weight excluding hydrogens is 416 g/mol. The van der Waals surface area contributed by atoms with E-state index < -0.39 is 0 Å². The van der Waals surface area contributed by atoms with Crippen molar-refractivity contribution in [2.24, 2.45) is 0 Å². The zero-order valence-electron chi connectivity index (χ0n) is 16.9. The van der Waals surface area contributed by atoms with Crippen molar-refractivity contribution in [3.05, 3.63) is 35.2 Å². The van der Waals surface area contributed by atoms with Crippen molar-refractivity contribution >= 4 is 40.1 Å². The summed E-state index contributed by atoms with van der Waals surface area (Å²) in [6.45, 7) is 4.15. The van der Waals surface area contributed by atoms with Gasteiger partial charge < -0.3 is 10.2 Å². The fourth-order valence-corrected chi connectivity index (χ4v) is 5.16. The Morgan fingerprint density at radius 1 is 1.20 bits per heavy atom. The van der Waals surface area contributed by atoms with Gasteiger partial charge >= 0.3 is 0 Å². The van der Waals surface area contributed by atoms with Crippen LogP contribution in [0.5, 0.6) is 0 Å². The van der Waals surface area contributed by atoms with Crippen LogP contribution in [0.25, 0.3) is 11.3 Å². The second kappa shape index (κ2) is 8.39. The zero-order valence-corrected chi connectivity index (χ0v) is 18.5. The summed E-state index contributed by atoms with van der Waals surface area (Å²) in [5.41, 5.74) is 3.15. The molecule has 3 aromatic rings. The highest BCUT2D eigenvalue weighted by Gasteiger charge is 2.32. The van der Waals surface area contributed by atoms with Crippen LogP contribution in [-0.4, -0.2) is 44.5 Å². The van der Waals surface area contributed by atoms with E-state index in [2.05, 4.69) is 61.2 Å². The highest BCUT2D eigenvalue weighted by atomic mass is 32.2. The molecule has 1 aromatic carbocycles. The molecule has 30 heavy (non-hydrogen) atoms. The molecule has 2 aliphatic rings. The van der Waals surface area contributed by atoms with Crippen LogP contribution < -0.4 is 10.2 Å². The van der Waals surface area contributed by atoms with Crippen molar-refractivity contribution in [3.63, 3.8) is 0 Å². The molecule has 3 heterocycles. The third kappa shape index (κ3) is 4.22.